The number of hydrogen-bond acceptors (Lipinski definition) is 1. The van der Waals surface area contributed by atoms with E-state index < -0.39 is 5.60 Å². The summed E-state index contributed by atoms with van der Waals surface area (Å²) in [4.78, 5) is 0. The predicted molar refractivity (Wildman–Crippen MR) is 188 cm³/mol. The highest BCUT2D eigenvalue weighted by Gasteiger charge is 2.13. The summed E-state index contributed by atoms with van der Waals surface area (Å²) in [6, 6.07) is 0. The Morgan fingerprint density at radius 1 is 0.341 bits per heavy atom. The molecular formula is C40H82O. The molecule has 0 fully saturated rings. The minimum absolute atomic E-state index is 0.493. The van der Waals surface area contributed by atoms with Gasteiger partial charge in [-0.2, -0.15) is 0 Å². The van der Waals surface area contributed by atoms with Crippen molar-refractivity contribution in [3.63, 3.8) is 0 Å². The van der Waals surface area contributed by atoms with E-state index in [4.69, 9.17) is 0 Å². The first-order valence-electron chi connectivity index (χ1n) is 19.0. The average Bonchev–Trinajstić information content (AvgIpc) is 2.85. The predicted octanol–water partition coefficient (Wildman–Crippen LogP) is 13.8. The van der Waals surface area contributed by atoms with Gasteiger partial charge in [-0.25, -0.2) is 0 Å². The van der Waals surface area contributed by atoms with E-state index in [-0.39, 0.29) is 0 Å². The first-order valence-corrected chi connectivity index (χ1v) is 19.0. The van der Waals surface area contributed by atoms with E-state index >= 15 is 0 Å². The Kier molecular flexibility index (Phi) is 25.3. The van der Waals surface area contributed by atoms with E-state index in [1.165, 1.54) is 128 Å². The molecule has 0 bridgehead atoms. The van der Waals surface area contributed by atoms with Gasteiger partial charge in [0.05, 0.1) is 5.60 Å². The Labute approximate surface area is 262 Å². The Morgan fingerprint density at radius 3 is 0.805 bits per heavy atom. The molecule has 0 aliphatic rings. The Bertz CT molecular complexity index is 546. The molecule has 6 atom stereocenters. The Morgan fingerprint density at radius 2 is 0.561 bits per heavy atom. The lowest BCUT2D eigenvalue weighted by Gasteiger charge is -2.19. The molecule has 0 amide bonds. The van der Waals surface area contributed by atoms with Gasteiger partial charge in [0, 0.05) is 0 Å². The lowest BCUT2D eigenvalue weighted by molar-refractivity contribution is 0.0668. The fraction of sp³-hybridized carbons (Fsp3) is 1.00. The van der Waals surface area contributed by atoms with Crippen molar-refractivity contribution in [2.45, 2.75) is 216 Å². The fourth-order valence-corrected chi connectivity index (χ4v) is 6.87. The van der Waals surface area contributed by atoms with E-state index in [9.17, 15) is 5.11 Å². The van der Waals surface area contributed by atoms with Crippen LogP contribution < -0.4 is 0 Å². The molecular weight excluding hydrogens is 496 g/mol. The summed E-state index contributed by atoms with van der Waals surface area (Å²) in [5.41, 5.74) is -0.493. The third kappa shape index (κ3) is 29.8. The van der Waals surface area contributed by atoms with Crippen LogP contribution in [0.2, 0.25) is 0 Å². The zero-order chi connectivity index (χ0) is 31.1. The molecule has 0 aromatic heterocycles. The van der Waals surface area contributed by atoms with Crippen LogP contribution in [-0.4, -0.2) is 10.7 Å². The van der Waals surface area contributed by atoms with Gasteiger partial charge in [-0.05, 0) is 61.7 Å². The summed E-state index contributed by atoms with van der Waals surface area (Å²) >= 11 is 0. The number of hydrogen-bond donors (Lipinski definition) is 1. The molecule has 248 valence electrons. The summed E-state index contributed by atoms with van der Waals surface area (Å²) in [5, 5.41) is 9.88. The molecule has 0 aromatic carbocycles. The van der Waals surface area contributed by atoms with Crippen LogP contribution >= 0.6 is 0 Å². The zero-order valence-electron chi connectivity index (χ0n) is 30.5. The second-order valence-corrected chi connectivity index (χ2v) is 16.7. The van der Waals surface area contributed by atoms with E-state index in [0.29, 0.717) is 0 Å². The summed E-state index contributed by atoms with van der Waals surface area (Å²) in [5.74, 6) is 6.25. The van der Waals surface area contributed by atoms with Gasteiger partial charge in [0.15, 0.2) is 0 Å². The SMILES string of the molecule is CC(C)CCC[C@@H](C)CCC[C@@H](C)CCC[C@@H](C)CCCC[C@H](C)CCC[C@@H](C)CCC[C@@H](C)CCCC(C)(C)O. The maximum atomic E-state index is 9.88. The molecule has 0 unspecified atom stereocenters. The summed E-state index contributed by atoms with van der Waals surface area (Å²) in [6.07, 6.45) is 30.5. The van der Waals surface area contributed by atoms with Gasteiger partial charge in [-0.1, -0.05) is 190 Å². The molecule has 0 rings (SSSR count). The van der Waals surface area contributed by atoms with Crippen LogP contribution in [-0.2, 0) is 0 Å². The summed E-state index contributed by atoms with van der Waals surface area (Å²) < 4.78 is 0. The van der Waals surface area contributed by atoms with Crippen LogP contribution in [0, 0.1) is 41.4 Å². The molecule has 1 N–H and O–H groups in total. The molecule has 0 saturated carbocycles. The summed E-state index contributed by atoms with van der Waals surface area (Å²) in [7, 11) is 0. The maximum absolute atomic E-state index is 9.88. The molecule has 0 aliphatic heterocycles. The second-order valence-electron chi connectivity index (χ2n) is 16.7. The van der Waals surface area contributed by atoms with Gasteiger partial charge in [0.25, 0.3) is 0 Å². The first-order chi connectivity index (χ1) is 19.3. The zero-order valence-corrected chi connectivity index (χ0v) is 30.5. The molecule has 41 heavy (non-hydrogen) atoms. The quantitative estimate of drug-likeness (QED) is 0.0875. The van der Waals surface area contributed by atoms with Gasteiger partial charge in [0.1, 0.15) is 0 Å². The topological polar surface area (TPSA) is 20.2 Å². The normalized spacial score (nSPS) is 17.0. The number of aliphatic hydroxyl groups is 1. The summed E-state index contributed by atoms with van der Waals surface area (Å²) in [6.45, 7) is 23.4. The van der Waals surface area contributed by atoms with Crippen molar-refractivity contribution in [1.29, 1.82) is 0 Å². The average molecular weight is 579 g/mol. The van der Waals surface area contributed by atoms with Gasteiger partial charge in [-0.3, -0.25) is 0 Å². The van der Waals surface area contributed by atoms with Crippen molar-refractivity contribution in [2.75, 3.05) is 0 Å². The minimum Gasteiger partial charge on any atom is -0.390 e. The highest BCUT2D eigenvalue weighted by atomic mass is 16.3. The van der Waals surface area contributed by atoms with Crippen LogP contribution in [0.25, 0.3) is 0 Å². The molecule has 0 radical (unpaired) electrons. The van der Waals surface area contributed by atoms with Crippen molar-refractivity contribution in [1.82, 2.24) is 0 Å². The molecule has 0 aromatic rings. The number of rotatable bonds is 29. The lowest BCUT2D eigenvalue weighted by atomic mass is 9.89. The second kappa shape index (κ2) is 25.3. The maximum Gasteiger partial charge on any atom is 0.0591 e. The lowest BCUT2D eigenvalue weighted by Crippen LogP contribution is -2.18. The third-order valence-corrected chi connectivity index (χ3v) is 10.2. The van der Waals surface area contributed by atoms with Gasteiger partial charge in [-0.15, -0.1) is 0 Å². The molecule has 0 saturated heterocycles. The van der Waals surface area contributed by atoms with Gasteiger partial charge >= 0.3 is 0 Å². The van der Waals surface area contributed by atoms with Crippen molar-refractivity contribution in [2.24, 2.45) is 41.4 Å². The Balaban J connectivity index is 3.65. The smallest absolute Gasteiger partial charge is 0.0591 e. The monoisotopic (exact) mass is 579 g/mol. The van der Waals surface area contributed by atoms with Crippen molar-refractivity contribution in [3.05, 3.63) is 0 Å². The largest absolute Gasteiger partial charge is 0.390 e. The highest BCUT2D eigenvalue weighted by molar-refractivity contribution is 4.67. The first kappa shape index (κ1) is 41.0. The van der Waals surface area contributed by atoms with Crippen LogP contribution in [0.5, 0.6) is 0 Å². The third-order valence-electron chi connectivity index (χ3n) is 10.2. The molecule has 0 spiro atoms. The molecule has 0 aliphatic carbocycles. The highest BCUT2D eigenvalue weighted by Crippen LogP contribution is 2.26. The van der Waals surface area contributed by atoms with Crippen molar-refractivity contribution >= 4 is 0 Å². The molecule has 1 nitrogen and oxygen atoms in total. The standard InChI is InChI=1S/C40H82O/c1-33(2)19-13-22-36(5)25-16-28-37(6)26-14-23-34(3)20-11-12-21-35(4)24-15-27-38(7)29-17-30-39(8)31-18-32-40(9,10)41/h33-39,41H,11-32H2,1-10H3/t34-,35-,36+,37-,38+,39+/m0/s1. The van der Waals surface area contributed by atoms with Crippen molar-refractivity contribution in [3.8, 4) is 0 Å². The molecule has 0 heterocycles. The van der Waals surface area contributed by atoms with E-state index in [2.05, 4.69) is 55.4 Å². The number of unbranched alkanes of at least 4 members (excludes halogenated alkanes) is 1. The fourth-order valence-electron chi connectivity index (χ4n) is 6.87. The molecule has 1 heteroatoms. The van der Waals surface area contributed by atoms with Crippen molar-refractivity contribution < 1.29 is 5.11 Å². The Hall–Kier alpha value is -0.0400. The van der Waals surface area contributed by atoms with E-state index in [1.54, 1.807) is 0 Å². The van der Waals surface area contributed by atoms with Crippen LogP contribution in [0.4, 0.5) is 0 Å². The van der Waals surface area contributed by atoms with Crippen LogP contribution in [0.15, 0.2) is 0 Å². The van der Waals surface area contributed by atoms with Gasteiger partial charge in [0.2, 0.25) is 0 Å². The van der Waals surface area contributed by atoms with E-state index in [1.807, 2.05) is 13.8 Å². The van der Waals surface area contributed by atoms with Crippen LogP contribution in [0.3, 0.4) is 0 Å². The minimum atomic E-state index is -0.493. The van der Waals surface area contributed by atoms with Crippen LogP contribution in [0.1, 0.15) is 210 Å². The van der Waals surface area contributed by atoms with E-state index in [0.717, 1.165) is 54.3 Å². The van der Waals surface area contributed by atoms with Gasteiger partial charge < -0.3 is 5.11 Å².